The first-order chi connectivity index (χ1) is 14.0. The molecule has 7 heteroatoms. The van der Waals surface area contributed by atoms with E-state index in [-0.39, 0.29) is 23.8 Å². The number of carbonyl (C=O) groups excluding carboxylic acids is 1. The van der Waals surface area contributed by atoms with Crippen LogP contribution in [0.4, 0.5) is 0 Å². The van der Waals surface area contributed by atoms with Crippen LogP contribution in [0.15, 0.2) is 65.6 Å². The lowest BCUT2D eigenvalue weighted by atomic mass is 9.84. The van der Waals surface area contributed by atoms with E-state index in [1.807, 2.05) is 43.3 Å². The molecule has 2 fully saturated rings. The summed E-state index contributed by atoms with van der Waals surface area (Å²) in [6, 6.07) is 18.4. The Hall–Kier alpha value is -2.22. The molecule has 0 saturated carbocycles. The summed E-state index contributed by atoms with van der Waals surface area (Å²) in [6.07, 6.45) is 0. The van der Waals surface area contributed by atoms with Crippen molar-refractivity contribution in [3.05, 3.63) is 66.2 Å². The maximum absolute atomic E-state index is 13.2. The molecule has 0 spiro atoms. The number of hydrogen-bond acceptors (Lipinski definition) is 5. The summed E-state index contributed by atoms with van der Waals surface area (Å²) in [6.45, 7) is 4.15. The highest BCUT2D eigenvalue weighted by Crippen LogP contribution is 2.41. The monoisotopic (exact) mass is 414 g/mol. The number of benzene rings is 2. The number of esters is 1. The molecule has 154 valence electrons. The van der Waals surface area contributed by atoms with E-state index in [0.717, 1.165) is 5.56 Å². The largest absolute Gasteiger partial charge is 0.466 e. The zero-order valence-corrected chi connectivity index (χ0v) is 17.3. The molecule has 6 nitrogen and oxygen atoms in total. The van der Waals surface area contributed by atoms with Gasteiger partial charge in [-0.05, 0) is 24.6 Å². The SMILES string of the molecule is CCOC(=O)[C@@H]1CN2CCN(S(=O)(=O)c3ccccc3)C[C@@H]2[C@H]1c1ccccc1. The van der Waals surface area contributed by atoms with Crippen LogP contribution in [0, 0.1) is 5.92 Å². The average molecular weight is 415 g/mol. The van der Waals surface area contributed by atoms with Gasteiger partial charge < -0.3 is 4.74 Å². The Morgan fingerprint density at radius 3 is 2.31 bits per heavy atom. The highest BCUT2D eigenvalue weighted by molar-refractivity contribution is 7.89. The number of fused-ring (bicyclic) bond motifs is 1. The van der Waals surface area contributed by atoms with E-state index in [9.17, 15) is 13.2 Å². The topological polar surface area (TPSA) is 66.9 Å². The van der Waals surface area contributed by atoms with E-state index >= 15 is 0 Å². The molecule has 0 radical (unpaired) electrons. The van der Waals surface area contributed by atoms with Crippen LogP contribution in [-0.4, -0.2) is 62.4 Å². The molecule has 2 aliphatic rings. The Balaban J connectivity index is 1.65. The fourth-order valence-corrected chi connectivity index (χ4v) is 6.05. The summed E-state index contributed by atoms with van der Waals surface area (Å²) in [5.74, 6) is -0.584. The van der Waals surface area contributed by atoms with Gasteiger partial charge >= 0.3 is 5.97 Å². The molecular weight excluding hydrogens is 388 g/mol. The molecule has 0 amide bonds. The summed E-state index contributed by atoms with van der Waals surface area (Å²) in [7, 11) is -3.56. The molecule has 4 rings (SSSR count). The molecule has 0 aromatic heterocycles. The van der Waals surface area contributed by atoms with Crippen molar-refractivity contribution in [3.8, 4) is 0 Å². The van der Waals surface area contributed by atoms with Gasteiger partial charge in [-0.2, -0.15) is 4.31 Å². The molecule has 2 aromatic rings. The number of sulfonamides is 1. The van der Waals surface area contributed by atoms with Crippen LogP contribution >= 0.6 is 0 Å². The van der Waals surface area contributed by atoms with E-state index in [4.69, 9.17) is 4.74 Å². The van der Waals surface area contributed by atoms with Crippen molar-refractivity contribution in [2.75, 3.05) is 32.8 Å². The molecule has 0 aliphatic carbocycles. The molecular formula is C22H26N2O4S. The van der Waals surface area contributed by atoms with E-state index in [2.05, 4.69) is 4.90 Å². The molecule has 29 heavy (non-hydrogen) atoms. The third-order valence-corrected chi connectivity index (χ3v) is 7.81. The smallest absolute Gasteiger partial charge is 0.310 e. The maximum Gasteiger partial charge on any atom is 0.310 e. The highest BCUT2D eigenvalue weighted by Gasteiger charge is 2.49. The summed E-state index contributed by atoms with van der Waals surface area (Å²) in [5, 5.41) is 0. The minimum atomic E-state index is -3.56. The van der Waals surface area contributed by atoms with E-state index in [0.29, 0.717) is 37.7 Å². The van der Waals surface area contributed by atoms with Crippen molar-refractivity contribution in [2.45, 2.75) is 23.8 Å². The number of carbonyl (C=O) groups is 1. The van der Waals surface area contributed by atoms with Gasteiger partial charge in [-0.25, -0.2) is 8.42 Å². The minimum Gasteiger partial charge on any atom is -0.466 e. The van der Waals surface area contributed by atoms with Crippen LogP contribution in [0.1, 0.15) is 18.4 Å². The lowest BCUT2D eigenvalue weighted by molar-refractivity contribution is -0.148. The van der Waals surface area contributed by atoms with Crippen molar-refractivity contribution < 1.29 is 17.9 Å². The summed E-state index contributed by atoms with van der Waals surface area (Å²) in [5.41, 5.74) is 1.05. The first-order valence-corrected chi connectivity index (χ1v) is 11.5. The fourth-order valence-electron chi connectivity index (χ4n) is 4.58. The van der Waals surface area contributed by atoms with Gasteiger partial charge in [-0.1, -0.05) is 48.5 Å². The molecule has 3 atom stereocenters. The predicted octanol–water partition coefficient (Wildman–Crippen LogP) is 2.34. The van der Waals surface area contributed by atoms with Gasteiger partial charge in [0.15, 0.2) is 0 Å². The zero-order chi connectivity index (χ0) is 20.4. The van der Waals surface area contributed by atoms with Crippen molar-refractivity contribution in [2.24, 2.45) is 5.92 Å². The predicted molar refractivity (Wildman–Crippen MR) is 110 cm³/mol. The van der Waals surface area contributed by atoms with E-state index in [1.165, 1.54) is 0 Å². The standard InChI is InChI=1S/C22H26N2O4S/c1-2-28-22(25)19-15-23-13-14-24(29(26,27)18-11-7-4-8-12-18)16-20(23)21(19)17-9-5-3-6-10-17/h3-12,19-21H,2,13-16H2,1H3/t19-,20-,21+/m1/s1. The van der Waals surface area contributed by atoms with Crippen LogP contribution in [0.5, 0.6) is 0 Å². The van der Waals surface area contributed by atoms with E-state index < -0.39 is 10.0 Å². The molecule has 2 aromatic carbocycles. The van der Waals surface area contributed by atoms with Crippen LogP contribution < -0.4 is 0 Å². The maximum atomic E-state index is 13.2. The number of rotatable bonds is 5. The second-order valence-electron chi connectivity index (χ2n) is 7.53. The first kappa shape index (κ1) is 20.1. The number of nitrogens with zero attached hydrogens (tertiary/aromatic N) is 2. The Morgan fingerprint density at radius 1 is 1.00 bits per heavy atom. The normalized spacial score (nSPS) is 25.5. The second kappa shape index (κ2) is 8.26. The van der Waals surface area contributed by atoms with Crippen molar-refractivity contribution in [1.82, 2.24) is 9.21 Å². The van der Waals surface area contributed by atoms with Crippen LogP contribution in [-0.2, 0) is 19.6 Å². The third-order valence-electron chi connectivity index (χ3n) is 5.93. The van der Waals surface area contributed by atoms with Crippen molar-refractivity contribution in [1.29, 1.82) is 0 Å². The van der Waals surface area contributed by atoms with Gasteiger partial charge in [0.1, 0.15) is 0 Å². The third kappa shape index (κ3) is 3.82. The number of piperazine rings is 1. The molecule has 0 N–H and O–H groups in total. The lowest BCUT2D eigenvalue weighted by Gasteiger charge is -2.38. The number of ether oxygens (including phenoxy) is 1. The van der Waals surface area contributed by atoms with Crippen LogP contribution in [0.25, 0.3) is 0 Å². The second-order valence-corrected chi connectivity index (χ2v) is 9.47. The highest BCUT2D eigenvalue weighted by atomic mass is 32.2. The molecule has 0 unspecified atom stereocenters. The Morgan fingerprint density at radius 2 is 1.66 bits per heavy atom. The Bertz CT molecular complexity index is 949. The Kier molecular flexibility index (Phi) is 5.72. The summed E-state index contributed by atoms with van der Waals surface area (Å²) < 4.78 is 33.2. The molecule has 2 saturated heterocycles. The first-order valence-electron chi connectivity index (χ1n) is 10.0. The average Bonchev–Trinajstić information content (AvgIpc) is 3.14. The summed E-state index contributed by atoms with van der Waals surface area (Å²) >= 11 is 0. The molecule has 0 bridgehead atoms. The van der Waals surface area contributed by atoms with Gasteiger partial charge in [0, 0.05) is 38.1 Å². The van der Waals surface area contributed by atoms with Gasteiger partial charge in [0.25, 0.3) is 0 Å². The fraction of sp³-hybridized carbons (Fsp3) is 0.409. The van der Waals surface area contributed by atoms with Crippen LogP contribution in [0.2, 0.25) is 0 Å². The quantitative estimate of drug-likeness (QED) is 0.703. The summed E-state index contributed by atoms with van der Waals surface area (Å²) in [4.78, 5) is 15.2. The van der Waals surface area contributed by atoms with Gasteiger partial charge in [-0.15, -0.1) is 0 Å². The van der Waals surface area contributed by atoms with Crippen molar-refractivity contribution >= 4 is 16.0 Å². The minimum absolute atomic E-state index is 0.0564. The molecule has 2 aliphatic heterocycles. The van der Waals surface area contributed by atoms with Crippen LogP contribution in [0.3, 0.4) is 0 Å². The van der Waals surface area contributed by atoms with Crippen molar-refractivity contribution in [3.63, 3.8) is 0 Å². The van der Waals surface area contributed by atoms with Gasteiger partial charge in [-0.3, -0.25) is 9.69 Å². The van der Waals surface area contributed by atoms with E-state index in [1.54, 1.807) is 28.6 Å². The molecule has 2 heterocycles. The Labute approximate surface area is 172 Å². The number of hydrogen-bond donors (Lipinski definition) is 0. The lowest BCUT2D eigenvalue weighted by Crippen LogP contribution is -2.53. The zero-order valence-electron chi connectivity index (χ0n) is 16.5. The van der Waals surface area contributed by atoms with Gasteiger partial charge in [0.2, 0.25) is 10.0 Å². The van der Waals surface area contributed by atoms with Gasteiger partial charge in [0.05, 0.1) is 17.4 Å².